The maximum atomic E-state index is 13.3. The molecule has 0 saturated carbocycles. The first-order valence-electron chi connectivity index (χ1n) is 6.76. The highest BCUT2D eigenvalue weighted by molar-refractivity contribution is 5.99. The average molecular weight is 297 g/mol. The second-order valence-electron chi connectivity index (χ2n) is 5.49. The molecule has 0 aliphatic rings. The van der Waals surface area contributed by atoms with Crippen LogP contribution in [0.5, 0.6) is 0 Å². The standard InChI is InChI=1S/C14H20FN3O3/c1-8(2)4-5-9(3)17-14(19)10-6-12(16)11(15)7-13(10)18(20)21/h6-9H,4-5,16H2,1-3H3,(H,17,19). The summed E-state index contributed by atoms with van der Waals surface area (Å²) in [6.45, 7) is 5.96. The van der Waals surface area contributed by atoms with Crippen LogP contribution in [-0.2, 0) is 0 Å². The Labute approximate surface area is 122 Å². The molecule has 6 nitrogen and oxygen atoms in total. The van der Waals surface area contributed by atoms with Crippen molar-refractivity contribution in [1.82, 2.24) is 5.32 Å². The van der Waals surface area contributed by atoms with E-state index in [9.17, 15) is 19.3 Å². The van der Waals surface area contributed by atoms with Crippen molar-refractivity contribution in [2.45, 2.75) is 39.7 Å². The Balaban J connectivity index is 2.91. The Morgan fingerprint density at radius 1 is 1.38 bits per heavy atom. The number of benzene rings is 1. The van der Waals surface area contributed by atoms with Crippen molar-refractivity contribution >= 4 is 17.3 Å². The van der Waals surface area contributed by atoms with Crippen molar-refractivity contribution < 1.29 is 14.1 Å². The molecule has 0 bridgehead atoms. The highest BCUT2D eigenvalue weighted by Crippen LogP contribution is 2.24. The number of nitrogens with one attached hydrogen (secondary N) is 1. The molecule has 1 aromatic carbocycles. The number of amides is 1. The number of nitrogens with two attached hydrogens (primary N) is 1. The van der Waals surface area contributed by atoms with Gasteiger partial charge in [-0.2, -0.15) is 0 Å². The predicted octanol–water partition coefficient (Wildman–Crippen LogP) is 2.87. The van der Waals surface area contributed by atoms with Crippen LogP contribution in [0.25, 0.3) is 0 Å². The number of nitro groups is 1. The van der Waals surface area contributed by atoms with E-state index in [4.69, 9.17) is 5.73 Å². The fourth-order valence-electron chi connectivity index (χ4n) is 1.87. The minimum absolute atomic E-state index is 0.134. The molecule has 0 heterocycles. The summed E-state index contributed by atoms with van der Waals surface area (Å²) in [6, 6.07) is 1.53. The quantitative estimate of drug-likeness (QED) is 0.479. The maximum Gasteiger partial charge on any atom is 0.285 e. The average Bonchev–Trinajstić information content (AvgIpc) is 2.38. The molecule has 0 aliphatic carbocycles. The summed E-state index contributed by atoms with van der Waals surface area (Å²) in [6.07, 6.45) is 1.68. The SMILES string of the molecule is CC(C)CCC(C)NC(=O)c1cc(N)c(F)cc1[N+](=O)[O-]. The summed E-state index contributed by atoms with van der Waals surface area (Å²) in [5.41, 5.74) is 4.27. The van der Waals surface area contributed by atoms with E-state index in [1.165, 1.54) is 0 Å². The first kappa shape index (κ1) is 16.9. The number of nitro benzene ring substituents is 1. The van der Waals surface area contributed by atoms with E-state index in [2.05, 4.69) is 19.2 Å². The molecule has 0 aliphatic heterocycles. The number of carbonyl (C=O) groups is 1. The highest BCUT2D eigenvalue weighted by atomic mass is 19.1. The summed E-state index contributed by atoms with van der Waals surface area (Å²) in [4.78, 5) is 22.2. The molecule has 21 heavy (non-hydrogen) atoms. The molecular weight excluding hydrogens is 277 g/mol. The van der Waals surface area contributed by atoms with Crippen molar-refractivity contribution in [2.75, 3.05) is 5.73 Å². The van der Waals surface area contributed by atoms with Crippen LogP contribution in [0.2, 0.25) is 0 Å². The molecule has 0 aromatic heterocycles. The minimum atomic E-state index is -0.911. The molecule has 1 aromatic rings. The molecule has 0 radical (unpaired) electrons. The third kappa shape index (κ3) is 4.70. The summed E-state index contributed by atoms with van der Waals surface area (Å²) >= 11 is 0. The van der Waals surface area contributed by atoms with E-state index < -0.39 is 22.3 Å². The van der Waals surface area contributed by atoms with Gasteiger partial charge in [-0.25, -0.2) is 4.39 Å². The van der Waals surface area contributed by atoms with Crippen molar-refractivity contribution in [2.24, 2.45) is 5.92 Å². The number of nitrogen functional groups attached to an aromatic ring is 1. The molecule has 1 rings (SSSR count). The third-order valence-electron chi connectivity index (χ3n) is 3.11. The normalized spacial score (nSPS) is 12.2. The number of rotatable bonds is 6. The molecule has 1 atom stereocenters. The Morgan fingerprint density at radius 2 is 2.00 bits per heavy atom. The van der Waals surface area contributed by atoms with Crippen molar-refractivity contribution in [3.63, 3.8) is 0 Å². The van der Waals surface area contributed by atoms with Gasteiger partial charge < -0.3 is 11.1 Å². The number of hydrogen-bond acceptors (Lipinski definition) is 4. The molecule has 3 N–H and O–H groups in total. The van der Waals surface area contributed by atoms with E-state index in [1.807, 2.05) is 6.92 Å². The summed E-state index contributed by atoms with van der Waals surface area (Å²) in [5.74, 6) is -1.03. The zero-order valence-electron chi connectivity index (χ0n) is 12.4. The van der Waals surface area contributed by atoms with E-state index >= 15 is 0 Å². The molecule has 0 fully saturated rings. The molecule has 1 amide bonds. The van der Waals surface area contributed by atoms with Crippen LogP contribution < -0.4 is 11.1 Å². The molecule has 0 saturated heterocycles. The maximum absolute atomic E-state index is 13.3. The molecule has 0 spiro atoms. The molecule has 1 unspecified atom stereocenters. The Hall–Kier alpha value is -2.18. The second-order valence-corrected chi connectivity index (χ2v) is 5.49. The van der Waals surface area contributed by atoms with Gasteiger partial charge in [0.1, 0.15) is 5.56 Å². The third-order valence-corrected chi connectivity index (χ3v) is 3.11. The molecule has 7 heteroatoms. The first-order valence-corrected chi connectivity index (χ1v) is 6.76. The second kappa shape index (κ2) is 7.01. The van der Waals surface area contributed by atoms with Crippen LogP contribution in [0.4, 0.5) is 15.8 Å². The van der Waals surface area contributed by atoms with Crippen LogP contribution in [0.1, 0.15) is 44.0 Å². The van der Waals surface area contributed by atoms with Gasteiger partial charge in [0.25, 0.3) is 11.6 Å². The van der Waals surface area contributed by atoms with Gasteiger partial charge in [-0.05, 0) is 31.7 Å². The van der Waals surface area contributed by atoms with Gasteiger partial charge in [0.05, 0.1) is 16.7 Å². The number of anilines is 1. The van der Waals surface area contributed by atoms with Crippen LogP contribution in [0, 0.1) is 21.8 Å². The van der Waals surface area contributed by atoms with Gasteiger partial charge in [-0.1, -0.05) is 13.8 Å². The lowest BCUT2D eigenvalue weighted by Crippen LogP contribution is -2.33. The monoisotopic (exact) mass is 297 g/mol. The van der Waals surface area contributed by atoms with E-state index in [1.54, 1.807) is 0 Å². The fourth-order valence-corrected chi connectivity index (χ4v) is 1.87. The van der Waals surface area contributed by atoms with Gasteiger partial charge in [0.15, 0.2) is 5.82 Å². The van der Waals surface area contributed by atoms with Crippen LogP contribution in [0.3, 0.4) is 0 Å². The molecular formula is C14H20FN3O3. The van der Waals surface area contributed by atoms with E-state index in [-0.39, 0.29) is 17.3 Å². The van der Waals surface area contributed by atoms with Crippen molar-refractivity contribution in [1.29, 1.82) is 0 Å². The van der Waals surface area contributed by atoms with Crippen molar-refractivity contribution in [3.8, 4) is 0 Å². The Bertz CT molecular complexity index is 547. The number of halogens is 1. The minimum Gasteiger partial charge on any atom is -0.396 e. The van der Waals surface area contributed by atoms with Crippen molar-refractivity contribution in [3.05, 3.63) is 33.6 Å². The lowest BCUT2D eigenvalue weighted by atomic mass is 10.0. The van der Waals surface area contributed by atoms with Gasteiger partial charge in [-0.3, -0.25) is 14.9 Å². The zero-order valence-corrected chi connectivity index (χ0v) is 12.4. The van der Waals surface area contributed by atoms with Gasteiger partial charge >= 0.3 is 0 Å². The first-order chi connectivity index (χ1) is 9.72. The summed E-state index contributed by atoms with van der Waals surface area (Å²) in [5, 5.41) is 13.6. The lowest BCUT2D eigenvalue weighted by Gasteiger charge is -2.15. The van der Waals surface area contributed by atoms with Gasteiger partial charge in [0, 0.05) is 6.04 Å². The topological polar surface area (TPSA) is 98.3 Å². The Kier molecular flexibility index (Phi) is 5.63. The highest BCUT2D eigenvalue weighted by Gasteiger charge is 2.23. The summed E-state index contributed by atoms with van der Waals surface area (Å²) in [7, 11) is 0. The zero-order chi connectivity index (χ0) is 16.2. The Morgan fingerprint density at radius 3 is 2.52 bits per heavy atom. The smallest absolute Gasteiger partial charge is 0.285 e. The van der Waals surface area contributed by atoms with Crippen LogP contribution >= 0.6 is 0 Å². The number of carbonyl (C=O) groups excluding carboxylic acids is 1. The van der Waals surface area contributed by atoms with Gasteiger partial charge in [-0.15, -0.1) is 0 Å². The largest absolute Gasteiger partial charge is 0.396 e. The number of hydrogen-bond donors (Lipinski definition) is 2. The fraction of sp³-hybridized carbons (Fsp3) is 0.500. The van der Waals surface area contributed by atoms with Crippen LogP contribution in [-0.4, -0.2) is 16.9 Å². The van der Waals surface area contributed by atoms with E-state index in [0.717, 1.165) is 18.9 Å². The van der Waals surface area contributed by atoms with Crippen LogP contribution in [0.15, 0.2) is 12.1 Å². The number of nitrogens with zero attached hydrogens (tertiary/aromatic N) is 1. The predicted molar refractivity (Wildman–Crippen MR) is 78.5 cm³/mol. The summed E-state index contributed by atoms with van der Waals surface area (Å²) < 4.78 is 13.3. The lowest BCUT2D eigenvalue weighted by molar-refractivity contribution is -0.385. The van der Waals surface area contributed by atoms with Gasteiger partial charge in [0.2, 0.25) is 0 Å². The molecule has 116 valence electrons. The van der Waals surface area contributed by atoms with E-state index in [0.29, 0.717) is 12.0 Å².